The maximum Gasteiger partial charge on any atom is 0.255 e. The van der Waals surface area contributed by atoms with E-state index in [0.717, 1.165) is 25.7 Å². The van der Waals surface area contributed by atoms with Crippen LogP contribution < -0.4 is 10.9 Å². The van der Waals surface area contributed by atoms with E-state index in [0.29, 0.717) is 36.0 Å². The number of rotatable bonds is 3. The zero-order chi connectivity index (χ0) is 19.7. The Labute approximate surface area is 163 Å². The van der Waals surface area contributed by atoms with E-state index in [1.165, 1.54) is 13.1 Å². The highest BCUT2D eigenvalue weighted by atomic mass is 16.5. The number of aromatic nitrogens is 1. The molecule has 2 aliphatic heterocycles. The van der Waals surface area contributed by atoms with Crippen molar-refractivity contribution in [3.05, 3.63) is 46.4 Å². The minimum atomic E-state index is -0.188. The largest absolute Gasteiger partial charge is 0.370 e. The third kappa shape index (κ3) is 3.54. The van der Waals surface area contributed by atoms with Gasteiger partial charge in [0.1, 0.15) is 0 Å². The Balaban J connectivity index is 1.44. The molecule has 1 aromatic heterocycles. The summed E-state index contributed by atoms with van der Waals surface area (Å²) < 4.78 is 6.26. The van der Waals surface area contributed by atoms with Crippen LogP contribution >= 0.6 is 0 Å². The summed E-state index contributed by atoms with van der Waals surface area (Å²) in [5, 5.41) is 4.04. The van der Waals surface area contributed by atoms with Gasteiger partial charge in [0, 0.05) is 43.5 Å². The van der Waals surface area contributed by atoms with E-state index in [1.54, 1.807) is 12.1 Å². The molecule has 0 saturated carbocycles. The van der Waals surface area contributed by atoms with Crippen LogP contribution in [0.15, 0.2) is 35.3 Å². The van der Waals surface area contributed by atoms with E-state index in [4.69, 9.17) is 4.74 Å². The van der Waals surface area contributed by atoms with Crippen LogP contribution in [0.2, 0.25) is 0 Å². The van der Waals surface area contributed by atoms with Crippen LogP contribution in [0.5, 0.6) is 0 Å². The minimum absolute atomic E-state index is 0.0434. The molecule has 1 aromatic carbocycles. The first-order valence-electron chi connectivity index (χ1n) is 9.79. The van der Waals surface area contributed by atoms with Gasteiger partial charge in [0.25, 0.3) is 11.5 Å². The number of nitrogens with one attached hydrogen (secondary N) is 2. The summed E-state index contributed by atoms with van der Waals surface area (Å²) in [6.45, 7) is 3.30. The fourth-order valence-corrected chi connectivity index (χ4v) is 4.34. The number of pyridine rings is 1. The van der Waals surface area contributed by atoms with Gasteiger partial charge < -0.3 is 19.9 Å². The molecule has 3 heterocycles. The van der Waals surface area contributed by atoms with Gasteiger partial charge >= 0.3 is 0 Å². The van der Waals surface area contributed by atoms with Crippen LogP contribution in [0.4, 0.5) is 0 Å². The van der Waals surface area contributed by atoms with Gasteiger partial charge in [-0.1, -0.05) is 18.2 Å². The molecule has 1 atom stereocenters. The Morgan fingerprint density at radius 2 is 1.93 bits per heavy atom. The zero-order valence-electron chi connectivity index (χ0n) is 16.0. The first-order chi connectivity index (χ1) is 13.5. The number of fused-ring (bicyclic) bond motifs is 1. The lowest BCUT2D eigenvalue weighted by molar-refractivity contribution is -0.120. The predicted octanol–water partition coefficient (Wildman–Crippen LogP) is 1.82. The van der Waals surface area contributed by atoms with Crippen LogP contribution in [0.1, 0.15) is 43.0 Å². The Bertz CT molecular complexity index is 960. The molecule has 2 aromatic rings. The maximum atomic E-state index is 13.1. The quantitative estimate of drug-likeness (QED) is 0.846. The van der Waals surface area contributed by atoms with E-state index in [2.05, 4.69) is 10.3 Å². The SMILES string of the molecule is CC(=O)NC[C@@H]1CCC2(CCN(C(=O)c3c[nH]c(=O)c4ccccc34)CC2)O1. The van der Waals surface area contributed by atoms with Crippen molar-refractivity contribution in [2.45, 2.75) is 44.3 Å². The van der Waals surface area contributed by atoms with E-state index < -0.39 is 0 Å². The summed E-state index contributed by atoms with van der Waals surface area (Å²) >= 11 is 0. The normalized spacial score (nSPS) is 21.2. The van der Waals surface area contributed by atoms with Crippen LogP contribution in [-0.2, 0) is 9.53 Å². The van der Waals surface area contributed by atoms with Gasteiger partial charge in [-0.25, -0.2) is 0 Å². The number of amides is 2. The molecule has 0 unspecified atom stereocenters. The minimum Gasteiger partial charge on any atom is -0.370 e. The standard InChI is InChI=1S/C21H25N3O4/c1-14(25)22-12-15-6-7-21(28-15)8-10-24(11-9-21)20(27)18-13-23-19(26)17-5-3-2-4-16(17)18/h2-5,13,15H,6-12H2,1H3,(H,22,25)(H,23,26)/t15-/m0/s1. The highest BCUT2D eigenvalue weighted by Crippen LogP contribution is 2.39. The molecule has 28 heavy (non-hydrogen) atoms. The Morgan fingerprint density at radius 3 is 2.64 bits per heavy atom. The van der Waals surface area contributed by atoms with Gasteiger partial charge in [-0.15, -0.1) is 0 Å². The molecule has 2 N–H and O–H groups in total. The third-order valence-corrected chi connectivity index (χ3v) is 5.92. The predicted molar refractivity (Wildman–Crippen MR) is 105 cm³/mol. The number of piperidine rings is 1. The lowest BCUT2D eigenvalue weighted by Gasteiger charge is -2.39. The Kier molecular flexibility index (Phi) is 4.93. The molecule has 2 saturated heterocycles. The highest BCUT2D eigenvalue weighted by Gasteiger charge is 2.43. The van der Waals surface area contributed by atoms with Crippen molar-refractivity contribution in [1.82, 2.24) is 15.2 Å². The molecule has 0 bridgehead atoms. The number of nitrogens with zero attached hydrogens (tertiary/aromatic N) is 1. The molecule has 7 heteroatoms. The van der Waals surface area contributed by atoms with Crippen molar-refractivity contribution >= 4 is 22.6 Å². The molecule has 2 amide bonds. The molecule has 148 valence electrons. The van der Waals surface area contributed by atoms with E-state index in [9.17, 15) is 14.4 Å². The second-order valence-corrected chi connectivity index (χ2v) is 7.77. The number of H-pyrrole nitrogens is 1. The molecule has 0 radical (unpaired) electrons. The average Bonchev–Trinajstić information content (AvgIpc) is 3.10. The van der Waals surface area contributed by atoms with Crippen molar-refractivity contribution in [3.63, 3.8) is 0 Å². The van der Waals surface area contributed by atoms with Gasteiger partial charge in [-0.3, -0.25) is 14.4 Å². The molecular weight excluding hydrogens is 358 g/mol. The van der Waals surface area contributed by atoms with Crippen molar-refractivity contribution in [2.24, 2.45) is 0 Å². The van der Waals surface area contributed by atoms with Crippen molar-refractivity contribution in [2.75, 3.05) is 19.6 Å². The zero-order valence-corrected chi connectivity index (χ0v) is 16.0. The van der Waals surface area contributed by atoms with Crippen LogP contribution in [0.3, 0.4) is 0 Å². The highest BCUT2D eigenvalue weighted by molar-refractivity contribution is 6.06. The van der Waals surface area contributed by atoms with Crippen LogP contribution in [0, 0.1) is 0 Å². The summed E-state index contributed by atoms with van der Waals surface area (Å²) in [7, 11) is 0. The summed E-state index contributed by atoms with van der Waals surface area (Å²) in [6, 6.07) is 7.18. The van der Waals surface area contributed by atoms with Crippen LogP contribution in [0.25, 0.3) is 10.8 Å². The van der Waals surface area contributed by atoms with Crippen molar-refractivity contribution in [1.29, 1.82) is 0 Å². The number of likely N-dealkylation sites (tertiary alicyclic amines) is 1. The number of carbonyl (C=O) groups is 2. The number of hydrogen-bond acceptors (Lipinski definition) is 4. The van der Waals surface area contributed by atoms with Crippen molar-refractivity contribution in [3.8, 4) is 0 Å². The van der Waals surface area contributed by atoms with Gasteiger partial charge in [0.15, 0.2) is 0 Å². The van der Waals surface area contributed by atoms with Gasteiger partial charge in [-0.05, 0) is 31.7 Å². The maximum absolute atomic E-state index is 13.1. The lowest BCUT2D eigenvalue weighted by Crippen LogP contribution is -2.47. The fourth-order valence-electron chi connectivity index (χ4n) is 4.34. The summed E-state index contributed by atoms with van der Waals surface area (Å²) in [5.41, 5.74) is 0.156. The van der Waals surface area contributed by atoms with Gasteiger partial charge in [0.2, 0.25) is 5.91 Å². The number of carbonyl (C=O) groups excluding carboxylic acids is 2. The summed E-state index contributed by atoms with van der Waals surface area (Å²) in [6.07, 6.45) is 5.04. The van der Waals surface area contributed by atoms with E-state index >= 15 is 0 Å². The number of ether oxygens (including phenoxy) is 1. The number of hydrogen-bond donors (Lipinski definition) is 2. The van der Waals surface area contributed by atoms with E-state index in [-0.39, 0.29) is 29.1 Å². The topological polar surface area (TPSA) is 91.5 Å². The number of aromatic amines is 1. The summed E-state index contributed by atoms with van der Waals surface area (Å²) in [4.78, 5) is 40.7. The second-order valence-electron chi connectivity index (χ2n) is 7.77. The molecule has 1 spiro atoms. The molecule has 2 fully saturated rings. The second kappa shape index (κ2) is 7.39. The third-order valence-electron chi connectivity index (χ3n) is 5.92. The monoisotopic (exact) mass is 383 g/mol. The molecule has 2 aliphatic rings. The van der Waals surface area contributed by atoms with E-state index in [1.807, 2.05) is 17.0 Å². The molecule has 7 nitrogen and oxygen atoms in total. The van der Waals surface area contributed by atoms with Gasteiger partial charge in [0.05, 0.1) is 17.3 Å². The molecular formula is C21H25N3O4. The fraction of sp³-hybridized carbons (Fsp3) is 0.476. The first kappa shape index (κ1) is 18.7. The van der Waals surface area contributed by atoms with Crippen molar-refractivity contribution < 1.29 is 14.3 Å². The molecule has 4 rings (SSSR count). The summed E-state index contributed by atoms with van der Waals surface area (Å²) in [5.74, 6) is -0.104. The smallest absolute Gasteiger partial charge is 0.255 e. The lowest BCUT2D eigenvalue weighted by atomic mass is 9.88. The molecule has 0 aliphatic carbocycles. The first-order valence-corrected chi connectivity index (χ1v) is 9.79. The Morgan fingerprint density at radius 1 is 1.21 bits per heavy atom. The Hall–Kier alpha value is -2.67. The van der Waals surface area contributed by atoms with Gasteiger partial charge in [-0.2, -0.15) is 0 Å². The number of benzene rings is 1. The van der Waals surface area contributed by atoms with Crippen LogP contribution in [-0.4, -0.2) is 53.0 Å². The average molecular weight is 383 g/mol.